The summed E-state index contributed by atoms with van der Waals surface area (Å²) in [5, 5.41) is 12.4. The van der Waals surface area contributed by atoms with Crippen molar-refractivity contribution < 1.29 is 29.0 Å². The second kappa shape index (κ2) is 7.63. The first-order valence-corrected chi connectivity index (χ1v) is 10.3. The van der Waals surface area contributed by atoms with Crippen LogP contribution in [-0.4, -0.2) is 71.3 Å². The van der Waals surface area contributed by atoms with Crippen molar-refractivity contribution in [1.82, 2.24) is 10.2 Å². The second-order valence-corrected chi connectivity index (χ2v) is 8.36. The molecule has 3 saturated heterocycles. The summed E-state index contributed by atoms with van der Waals surface area (Å²) in [6, 6.07) is -0.849. The third kappa shape index (κ3) is 2.84. The van der Waals surface area contributed by atoms with Gasteiger partial charge in [0.1, 0.15) is 17.6 Å². The van der Waals surface area contributed by atoms with E-state index in [2.05, 4.69) is 5.32 Å². The second-order valence-electron chi connectivity index (χ2n) is 8.36. The zero-order chi connectivity index (χ0) is 20.7. The molecule has 3 rings (SSSR count). The van der Waals surface area contributed by atoms with Crippen LogP contribution in [0.4, 0.5) is 0 Å². The van der Waals surface area contributed by atoms with Crippen molar-refractivity contribution in [1.29, 1.82) is 0 Å². The third-order valence-electron chi connectivity index (χ3n) is 6.77. The lowest BCUT2D eigenvalue weighted by Crippen LogP contribution is -2.56. The fourth-order valence-corrected chi connectivity index (χ4v) is 5.46. The number of esters is 1. The van der Waals surface area contributed by atoms with E-state index in [1.165, 1.54) is 4.90 Å². The highest BCUT2D eigenvalue weighted by Crippen LogP contribution is 2.65. The molecule has 3 aliphatic heterocycles. The first kappa shape index (κ1) is 21.0. The number of rotatable bonds is 8. The summed E-state index contributed by atoms with van der Waals surface area (Å²) in [5.41, 5.74) is -1.91. The summed E-state index contributed by atoms with van der Waals surface area (Å²) < 4.78 is 11.7. The van der Waals surface area contributed by atoms with Crippen LogP contribution < -0.4 is 5.32 Å². The van der Waals surface area contributed by atoms with Crippen molar-refractivity contribution in [3.8, 4) is 0 Å². The van der Waals surface area contributed by atoms with Gasteiger partial charge in [-0.1, -0.05) is 20.3 Å². The molecular formula is C20H32N2O6. The van der Waals surface area contributed by atoms with Crippen LogP contribution in [0.2, 0.25) is 0 Å². The first-order chi connectivity index (χ1) is 13.3. The van der Waals surface area contributed by atoms with E-state index in [1.54, 1.807) is 6.92 Å². The molecule has 0 saturated carbocycles. The van der Waals surface area contributed by atoms with E-state index in [0.717, 1.165) is 12.8 Å². The molecule has 8 heteroatoms. The Morgan fingerprint density at radius 2 is 2.11 bits per heavy atom. The van der Waals surface area contributed by atoms with Crippen molar-refractivity contribution in [3.63, 3.8) is 0 Å². The van der Waals surface area contributed by atoms with Gasteiger partial charge in [0.15, 0.2) is 0 Å². The maximum Gasteiger partial charge on any atom is 0.312 e. The summed E-state index contributed by atoms with van der Waals surface area (Å²) in [6.07, 6.45) is 2.29. The maximum atomic E-state index is 13.3. The van der Waals surface area contributed by atoms with Gasteiger partial charge < -0.3 is 24.8 Å². The zero-order valence-corrected chi connectivity index (χ0v) is 17.2. The molecule has 3 heterocycles. The minimum absolute atomic E-state index is 0.00836. The highest BCUT2D eigenvalue weighted by atomic mass is 16.6. The lowest BCUT2D eigenvalue weighted by atomic mass is 9.62. The van der Waals surface area contributed by atoms with E-state index in [-0.39, 0.29) is 37.5 Å². The predicted octanol–water partition coefficient (Wildman–Crippen LogP) is 0.469. The Morgan fingerprint density at radius 3 is 2.71 bits per heavy atom. The molecule has 2 N–H and O–H groups in total. The van der Waals surface area contributed by atoms with Crippen LogP contribution in [0.5, 0.6) is 0 Å². The number of hydrogen-bond donors (Lipinski definition) is 2. The molecule has 0 radical (unpaired) electrons. The molecular weight excluding hydrogens is 364 g/mol. The number of nitrogens with one attached hydrogen (secondary N) is 1. The first-order valence-electron chi connectivity index (χ1n) is 10.3. The van der Waals surface area contributed by atoms with E-state index in [0.29, 0.717) is 13.0 Å². The molecule has 3 aliphatic rings. The summed E-state index contributed by atoms with van der Waals surface area (Å²) in [4.78, 5) is 40.6. The summed E-state index contributed by atoms with van der Waals surface area (Å²) in [7, 11) is 0. The van der Waals surface area contributed by atoms with Gasteiger partial charge in [0.25, 0.3) is 0 Å². The van der Waals surface area contributed by atoms with Crippen LogP contribution in [0.15, 0.2) is 0 Å². The lowest BCUT2D eigenvalue weighted by Gasteiger charge is -2.35. The van der Waals surface area contributed by atoms with Gasteiger partial charge >= 0.3 is 5.97 Å². The van der Waals surface area contributed by atoms with Crippen molar-refractivity contribution in [3.05, 3.63) is 0 Å². The fraction of sp³-hybridized carbons (Fsp3) is 0.850. The largest absolute Gasteiger partial charge is 0.466 e. The van der Waals surface area contributed by atoms with Crippen molar-refractivity contribution in [2.75, 3.05) is 26.3 Å². The Labute approximate surface area is 165 Å². The van der Waals surface area contributed by atoms with Crippen LogP contribution in [0.1, 0.15) is 47.0 Å². The lowest BCUT2D eigenvalue weighted by molar-refractivity contribution is -0.161. The summed E-state index contributed by atoms with van der Waals surface area (Å²) in [5.74, 6) is -2.56. The number of β-amino-alcohol motifs (C(OH)–C–C–N with tert-alkyl or cyclic N) is 1. The molecule has 2 bridgehead atoms. The van der Waals surface area contributed by atoms with Gasteiger partial charge in [0.05, 0.1) is 24.7 Å². The van der Waals surface area contributed by atoms with E-state index in [9.17, 15) is 19.5 Å². The van der Waals surface area contributed by atoms with Gasteiger partial charge in [-0.05, 0) is 32.6 Å². The van der Waals surface area contributed by atoms with Crippen LogP contribution >= 0.6 is 0 Å². The number of aliphatic hydroxyl groups excluding tert-OH is 1. The molecule has 2 amide bonds. The summed E-state index contributed by atoms with van der Waals surface area (Å²) in [6.45, 7) is 8.11. The Balaban J connectivity index is 2.01. The van der Waals surface area contributed by atoms with E-state index >= 15 is 0 Å². The minimum Gasteiger partial charge on any atom is -0.466 e. The zero-order valence-electron chi connectivity index (χ0n) is 17.2. The molecule has 1 spiro atoms. The van der Waals surface area contributed by atoms with Crippen LogP contribution in [-0.2, 0) is 23.9 Å². The smallest absolute Gasteiger partial charge is 0.312 e. The van der Waals surface area contributed by atoms with Gasteiger partial charge in [0, 0.05) is 13.1 Å². The van der Waals surface area contributed by atoms with Gasteiger partial charge in [-0.3, -0.25) is 14.4 Å². The number of carbonyl (C=O) groups excluding carboxylic acids is 3. The van der Waals surface area contributed by atoms with Crippen molar-refractivity contribution >= 4 is 17.8 Å². The van der Waals surface area contributed by atoms with E-state index in [4.69, 9.17) is 9.47 Å². The number of nitrogens with zero attached hydrogens (tertiary/aromatic N) is 1. The molecule has 3 unspecified atom stereocenters. The number of likely N-dealkylation sites (tertiary alicyclic amines) is 1. The number of hydrogen-bond acceptors (Lipinski definition) is 6. The van der Waals surface area contributed by atoms with Crippen LogP contribution in [0, 0.1) is 17.8 Å². The fourth-order valence-electron chi connectivity index (χ4n) is 5.46. The number of ether oxygens (including phenoxy) is 2. The average molecular weight is 396 g/mol. The molecule has 0 aromatic heterocycles. The average Bonchev–Trinajstić information content (AvgIpc) is 3.14. The number of fused-ring (bicyclic) bond motifs is 1. The van der Waals surface area contributed by atoms with Gasteiger partial charge in [-0.15, -0.1) is 0 Å². The maximum absolute atomic E-state index is 13.3. The Bertz CT molecular complexity index is 655. The molecule has 0 aromatic rings. The molecule has 158 valence electrons. The Kier molecular flexibility index (Phi) is 5.74. The normalized spacial score (nSPS) is 38.6. The quantitative estimate of drug-likeness (QED) is 0.456. The van der Waals surface area contributed by atoms with Crippen molar-refractivity contribution in [2.45, 2.75) is 64.2 Å². The van der Waals surface area contributed by atoms with E-state index in [1.807, 2.05) is 20.8 Å². The number of amides is 2. The van der Waals surface area contributed by atoms with Crippen LogP contribution in [0.25, 0.3) is 0 Å². The monoisotopic (exact) mass is 396 g/mol. The topological polar surface area (TPSA) is 105 Å². The Hall–Kier alpha value is -1.67. The highest BCUT2D eigenvalue weighted by Gasteiger charge is 2.80. The van der Waals surface area contributed by atoms with Gasteiger partial charge in [0.2, 0.25) is 11.8 Å². The number of carbonyl (C=O) groups is 3. The molecule has 0 aromatic carbocycles. The third-order valence-corrected chi connectivity index (χ3v) is 6.77. The highest BCUT2D eigenvalue weighted by molar-refractivity contribution is 5.98. The molecule has 0 aliphatic carbocycles. The SMILES string of the molecule is CCCCNC(=O)C1N(CCO)C(=O)[C@@H]2[C@H](C(=O)OCC)[C@@]3(C)OC12CC3C. The molecule has 28 heavy (non-hydrogen) atoms. The summed E-state index contributed by atoms with van der Waals surface area (Å²) >= 11 is 0. The molecule has 3 fully saturated rings. The molecule has 8 nitrogen and oxygen atoms in total. The molecule has 6 atom stereocenters. The van der Waals surface area contributed by atoms with Crippen LogP contribution in [0.3, 0.4) is 0 Å². The van der Waals surface area contributed by atoms with Gasteiger partial charge in [-0.25, -0.2) is 0 Å². The van der Waals surface area contributed by atoms with Gasteiger partial charge in [-0.2, -0.15) is 0 Å². The minimum atomic E-state index is -1.06. The number of unbranched alkanes of at least 4 members (excludes halogenated alkanes) is 1. The standard InChI is InChI=1S/C20H32N2O6/c1-5-7-8-21-16(24)15-20-11-12(3)19(4,28-20)14(18(26)27-6-2)13(20)17(25)22(15)9-10-23/h12-15,23H,5-11H2,1-4H3,(H,21,24)/t12?,13-,14+,15?,19-,20?/m0/s1. The van der Waals surface area contributed by atoms with Crippen molar-refractivity contribution in [2.24, 2.45) is 17.8 Å². The van der Waals surface area contributed by atoms with E-state index < -0.39 is 35.0 Å². The Morgan fingerprint density at radius 1 is 1.39 bits per heavy atom. The predicted molar refractivity (Wildman–Crippen MR) is 100 cm³/mol. The number of aliphatic hydroxyl groups is 1.